The fourth-order valence-corrected chi connectivity index (χ4v) is 3.54. The Morgan fingerprint density at radius 1 is 1.22 bits per heavy atom. The van der Waals surface area contributed by atoms with Crippen LogP contribution in [0.1, 0.15) is 55.9 Å². The summed E-state index contributed by atoms with van der Waals surface area (Å²) < 4.78 is 2.32. The molecule has 1 aromatic carbocycles. The third kappa shape index (κ3) is 5.45. The second kappa shape index (κ2) is 9.74. The zero-order valence-corrected chi connectivity index (χ0v) is 17.0. The van der Waals surface area contributed by atoms with Crippen LogP contribution in [-0.2, 0) is 19.4 Å². The molecule has 1 aliphatic heterocycles. The Hall–Kier alpha value is -2.08. The molecular weight excluding hydrogens is 360 g/mol. The predicted octanol–water partition coefficient (Wildman–Crippen LogP) is 3.52. The Morgan fingerprint density at radius 3 is 2.81 bits per heavy atom. The molecule has 7 heteroatoms. The molecule has 0 fully saturated rings. The summed E-state index contributed by atoms with van der Waals surface area (Å²) in [4.78, 5) is 4.32. The fraction of sp³-hybridized carbons (Fsp3) is 0.550. The number of aromatic nitrogens is 3. The molecule has 1 aromatic heterocycles. The van der Waals surface area contributed by atoms with Crippen LogP contribution in [-0.4, -0.2) is 34.3 Å². The quantitative estimate of drug-likeness (QED) is 0.451. The van der Waals surface area contributed by atoms with E-state index in [-0.39, 0.29) is 6.04 Å². The van der Waals surface area contributed by atoms with Gasteiger partial charge in [0.15, 0.2) is 5.96 Å². The lowest BCUT2D eigenvalue weighted by Gasteiger charge is -2.18. The van der Waals surface area contributed by atoms with Crippen LogP contribution in [0.25, 0.3) is 0 Å². The van der Waals surface area contributed by atoms with E-state index in [9.17, 15) is 0 Å². The molecule has 0 spiro atoms. The second-order valence-electron chi connectivity index (χ2n) is 7.01. The van der Waals surface area contributed by atoms with E-state index >= 15 is 0 Å². The van der Waals surface area contributed by atoms with E-state index in [4.69, 9.17) is 11.6 Å². The summed E-state index contributed by atoms with van der Waals surface area (Å²) >= 11 is 5.96. The first-order valence-electron chi connectivity index (χ1n) is 9.81. The maximum absolute atomic E-state index is 5.96. The van der Waals surface area contributed by atoms with Gasteiger partial charge in [0.2, 0.25) is 0 Å². The lowest BCUT2D eigenvalue weighted by molar-refractivity contribution is 0.592. The van der Waals surface area contributed by atoms with Gasteiger partial charge in [-0.05, 0) is 43.9 Å². The third-order valence-electron chi connectivity index (χ3n) is 5.00. The van der Waals surface area contributed by atoms with Gasteiger partial charge in [0, 0.05) is 38.0 Å². The average Bonchev–Trinajstić information content (AvgIpc) is 2.90. The van der Waals surface area contributed by atoms with E-state index in [1.54, 1.807) is 7.05 Å². The third-order valence-corrected chi connectivity index (χ3v) is 5.25. The SMILES string of the molecule is CN=C(NCCCc1nnc2n1CCCCC2)NC(C)c1ccc(Cl)cc1. The lowest BCUT2D eigenvalue weighted by atomic mass is 10.1. The molecule has 1 unspecified atom stereocenters. The molecule has 6 nitrogen and oxygen atoms in total. The van der Waals surface area contributed by atoms with E-state index < -0.39 is 0 Å². The number of hydrogen-bond acceptors (Lipinski definition) is 3. The van der Waals surface area contributed by atoms with Crippen LogP contribution >= 0.6 is 11.6 Å². The number of nitrogens with one attached hydrogen (secondary N) is 2. The van der Waals surface area contributed by atoms with Crippen molar-refractivity contribution in [1.82, 2.24) is 25.4 Å². The number of halogens is 1. The van der Waals surface area contributed by atoms with Crippen molar-refractivity contribution in [2.24, 2.45) is 4.99 Å². The molecule has 2 heterocycles. The summed E-state index contributed by atoms with van der Waals surface area (Å²) in [5.74, 6) is 3.08. The minimum atomic E-state index is 0.153. The maximum Gasteiger partial charge on any atom is 0.191 e. The zero-order valence-electron chi connectivity index (χ0n) is 16.2. The predicted molar refractivity (Wildman–Crippen MR) is 110 cm³/mol. The Kier molecular flexibility index (Phi) is 7.10. The Balaban J connectivity index is 1.45. The van der Waals surface area contributed by atoms with Crippen molar-refractivity contribution < 1.29 is 0 Å². The van der Waals surface area contributed by atoms with E-state index in [1.807, 2.05) is 24.3 Å². The first-order valence-corrected chi connectivity index (χ1v) is 10.2. The lowest BCUT2D eigenvalue weighted by Crippen LogP contribution is -2.39. The number of aliphatic imine (C=N–C) groups is 1. The standard InChI is InChI=1S/C20H29ClN6/c1-15(16-9-11-17(21)12-10-16)24-20(22-2)23-13-6-8-19-26-25-18-7-4-3-5-14-27(18)19/h9-12,15H,3-8,13-14H2,1-2H3,(H2,22,23,24). The van der Waals surface area contributed by atoms with Gasteiger partial charge in [0.1, 0.15) is 11.6 Å². The molecular formula is C20H29ClN6. The van der Waals surface area contributed by atoms with Gasteiger partial charge >= 0.3 is 0 Å². The van der Waals surface area contributed by atoms with Gasteiger partial charge in [0.05, 0.1) is 6.04 Å². The number of hydrogen-bond donors (Lipinski definition) is 2. The van der Waals surface area contributed by atoms with Crippen molar-refractivity contribution in [2.75, 3.05) is 13.6 Å². The minimum absolute atomic E-state index is 0.153. The van der Waals surface area contributed by atoms with Crippen LogP contribution in [0, 0.1) is 0 Å². The van der Waals surface area contributed by atoms with Gasteiger partial charge in [-0.2, -0.15) is 0 Å². The monoisotopic (exact) mass is 388 g/mol. The molecule has 0 aliphatic carbocycles. The summed E-state index contributed by atoms with van der Waals surface area (Å²) in [5.41, 5.74) is 1.17. The summed E-state index contributed by atoms with van der Waals surface area (Å²) in [7, 11) is 1.79. The highest BCUT2D eigenvalue weighted by molar-refractivity contribution is 6.30. The molecule has 2 aromatic rings. The molecule has 1 aliphatic rings. The number of benzene rings is 1. The van der Waals surface area contributed by atoms with Crippen LogP contribution in [0.4, 0.5) is 0 Å². The van der Waals surface area contributed by atoms with E-state index in [0.29, 0.717) is 0 Å². The van der Waals surface area contributed by atoms with Gasteiger partial charge in [-0.1, -0.05) is 30.2 Å². The van der Waals surface area contributed by atoms with Crippen molar-refractivity contribution in [3.63, 3.8) is 0 Å². The number of fused-ring (bicyclic) bond motifs is 1. The van der Waals surface area contributed by atoms with Gasteiger partial charge in [-0.3, -0.25) is 4.99 Å². The van der Waals surface area contributed by atoms with Crippen LogP contribution in [0.15, 0.2) is 29.3 Å². The summed E-state index contributed by atoms with van der Waals surface area (Å²) in [5, 5.41) is 16.3. The van der Waals surface area contributed by atoms with Crippen molar-refractivity contribution >= 4 is 17.6 Å². The van der Waals surface area contributed by atoms with Crippen LogP contribution in [0.3, 0.4) is 0 Å². The Labute approximate surface area is 166 Å². The Bertz CT molecular complexity index is 752. The molecule has 0 saturated heterocycles. The smallest absolute Gasteiger partial charge is 0.191 e. The molecule has 3 rings (SSSR count). The Morgan fingerprint density at radius 2 is 2.04 bits per heavy atom. The minimum Gasteiger partial charge on any atom is -0.356 e. The molecule has 1 atom stereocenters. The maximum atomic E-state index is 5.96. The molecule has 27 heavy (non-hydrogen) atoms. The summed E-state index contributed by atoms with van der Waals surface area (Å²) in [6, 6.07) is 8.04. The molecule has 0 saturated carbocycles. The van der Waals surface area contributed by atoms with Crippen molar-refractivity contribution in [3.05, 3.63) is 46.5 Å². The number of guanidine groups is 1. The summed E-state index contributed by atoms with van der Waals surface area (Å²) in [6.07, 6.45) is 6.74. The van der Waals surface area contributed by atoms with Crippen molar-refractivity contribution in [1.29, 1.82) is 0 Å². The average molecular weight is 389 g/mol. The summed E-state index contributed by atoms with van der Waals surface area (Å²) in [6.45, 7) is 4.02. The van der Waals surface area contributed by atoms with Crippen molar-refractivity contribution in [2.45, 2.75) is 58.0 Å². The topological polar surface area (TPSA) is 67.1 Å². The molecule has 146 valence electrons. The van der Waals surface area contributed by atoms with Crippen LogP contribution in [0.5, 0.6) is 0 Å². The first-order chi connectivity index (χ1) is 13.2. The van der Waals surface area contributed by atoms with Crippen LogP contribution in [0.2, 0.25) is 5.02 Å². The van der Waals surface area contributed by atoms with Gasteiger partial charge in [0.25, 0.3) is 0 Å². The molecule has 0 amide bonds. The van der Waals surface area contributed by atoms with E-state index in [0.717, 1.165) is 55.0 Å². The van der Waals surface area contributed by atoms with Gasteiger partial charge in [-0.25, -0.2) is 0 Å². The normalized spacial score (nSPS) is 15.7. The highest BCUT2D eigenvalue weighted by atomic mass is 35.5. The van der Waals surface area contributed by atoms with Crippen molar-refractivity contribution in [3.8, 4) is 0 Å². The zero-order chi connectivity index (χ0) is 19.1. The van der Waals surface area contributed by atoms with Gasteiger partial charge in [-0.15, -0.1) is 10.2 Å². The molecule has 0 radical (unpaired) electrons. The van der Waals surface area contributed by atoms with E-state index in [1.165, 1.54) is 24.8 Å². The first kappa shape index (κ1) is 19.7. The highest BCUT2D eigenvalue weighted by Gasteiger charge is 2.14. The number of rotatable bonds is 6. The largest absolute Gasteiger partial charge is 0.356 e. The second-order valence-corrected chi connectivity index (χ2v) is 7.45. The van der Waals surface area contributed by atoms with Crippen LogP contribution < -0.4 is 10.6 Å². The van der Waals surface area contributed by atoms with E-state index in [2.05, 4.69) is 37.3 Å². The molecule has 2 N–H and O–H groups in total. The fourth-order valence-electron chi connectivity index (χ4n) is 3.42. The molecule has 0 bridgehead atoms. The highest BCUT2D eigenvalue weighted by Crippen LogP contribution is 2.16. The number of aryl methyl sites for hydroxylation is 2. The number of nitrogens with zero attached hydrogens (tertiary/aromatic N) is 4. The van der Waals surface area contributed by atoms with Gasteiger partial charge < -0.3 is 15.2 Å².